The quantitative estimate of drug-likeness (QED) is 0.835. The van der Waals surface area contributed by atoms with Gasteiger partial charge in [0.05, 0.1) is 18.2 Å². The Morgan fingerprint density at radius 3 is 2.80 bits per heavy atom. The predicted molar refractivity (Wildman–Crippen MR) is 62.5 cm³/mol. The molecule has 1 N–H and O–H groups in total. The van der Waals surface area contributed by atoms with Gasteiger partial charge in [0.15, 0.2) is 0 Å². The van der Waals surface area contributed by atoms with Crippen molar-refractivity contribution in [1.82, 2.24) is 0 Å². The molecule has 2 nitrogen and oxygen atoms in total. The fourth-order valence-corrected chi connectivity index (χ4v) is 1.64. The summed E-state index contributed by atoms with van der Waals surface area (Å²) >= 11 is 5.90. The smallest absolute Gasteiger partial charge is 0.137 e. The molecule has 0 heterocycles. The SMILES string of the molecule is CCCCC(O)c1ccc(Cl)c(OC)c1. The number of rotatable bonds is 5. The maximum Gasteiger partial charge on any atom is 0.137 e. The Kier molecular flexibility index (Phi) is 4.92. The van der Waals surface area contributed by atoms with Crippen LogP contribution in [0, 0.1) is 0 Å². The second kappa shape index (κ2) is 5.99. The van der Waals surface area contributed by atoms with E-state index in [0.29, 0.717) is 10.8 Å². The summed E-state index contributed by atoms with van der Waals surface area (Å²) in [5, 5.41) is 10.4. The molecule has 0 radical (unpaired) electrons. The summed E-state index contributed by atoms with van der Waals surface area (Å²) in [5.41, 5.74) is 0.865. The third-order valence-electron chi connectivity index (χ3n) is 2.39. The van der Waals surface area contributed by atoms with Crippen molar-refractivity contribution in [3.63, 3.8) is 0 Å². The maximum atomic E-state index is 9.86. The summed E-state index contributed by atoms with van der Waals surface area (Å²) in [6.07, 6.45) is 2.46. The zero-order valence-electron chi connectivity index (χ0n) is 9.16. The van der Waals surface area contributed by atoms with Crippen LogP contribution in [0.15, 0.2) is 18.2 Å². The summed E-state index contributed by atoms with van der Waals surface area (Å²) in [7, 11) is 1.57. The molecule has 0 aromatic heterocycles. The van der Waals surface area contributed by atoms with Gasteiger partial charge in [-0.25, -0.2) is 0 Å². The molecule has 0 aliphatic rings. The summed E-state index contributed by atoms with van der Waals surface area (Å²) in [5.74, 6) is 0.615. The zero-order valence-corrected chi connectivity index (χ0v) is 9.92. The number of aliphatic hydroxyl groups is 1. The van der Waals surface area contributed by atoms with E-state index >= 15 is 0 Å². The van der Waals surface area contributed by atoms with E-state index in [1.165, 1.54) is 0 Å². The van der Waals surface area contributed by atoms with Crippen molar-refractivity contribution < 1.29 is 9.84 Å². The first kappa shape index (κ1) is 12.3. The van der Waals surface area contributed by atoms with Gasteiger partial charge < -0.3 is 9.84 Å². The maximum absolute atomic E-state index is 9.86. The molecule has 1 aromatic rings. The molecule has 0 aliphatic heterocycles. The van der Waals surface area contributed by atoms with Crippen LogP contribution in [-0.2, 0) is 0 Å². The van der Waals surface area contributed by atoms with E-state index in [-0.39, 0.29) is 0 Å². The zero-order chi connectivity index (χ0) is 11.3. The summed E-state index contributed by atoms with van der Waals surface area (Å²) in [4.78, 5) is 0. The van der Waals surface area contributed by atoms with E-state index < -0.39 is 6.10 Å². The van der Waals surface area contributed by atoms with Gasteiger partial charge in [-0.05, 0) is 24.1 Å². The summed E-state index contributed by atoms with van der Waals surface area (Å²) in [6.45, 7) is 2.11. The molecule has 1 atom stereocenters. The van der Waals surface area contributed by atoms with Crippen molar-refractivity contribution in [2.75, 3.05) is 7.11 Å². The highest BCUT2D eigenvalue weighted by Gasteiger charge is 2.09. The van der Waals surface area contributed by atoms with Gasteiger partial charge in [-0.2, -0.15) is 0 Å². The summed E-state index contributed by atoms with van der Waals surface area (Å²) in [6, 6.07) is 5.39. The molecule has 3 heteroatoms. The van der Waals surface area contributed by atoms with Crippen LogP contribution in [0.5, 0.6) is 5.75 Å². The van der Waals surface area contributed by atoms with Crippen molar-refractivity contribution in [1.29, 1.82) is 0 Å². The number of hydrogen-bond acceptors (Lipinski definition) is 2. The van der Waals surface area contributed by atoms with Gasteiger partial charge >= 0.3 is 0 Å². The normalized spacial score (nSPS) is 12.5. The topological polar surface area (TPSA) is 29.5 Å². The lowest BCUT2D eigenvalue weighted by Crippen LogP contribution is -1.98. The van der Waals surface area contributed by atoms with E-state index in [0.717, 1.165) is 24.8 Å². The molecule has 84 valence electrons. The van der Waals surface area contributed by atoms with E-state index in [2.05, 4.69) is 6.92 Å². The lowest BCUT2D eigenvalue weighted by molar-refractivity contribution is 0.164. The van der Waals surface area contributed by atoms with Crippen LogP contribution >= 0.6 is 11.6 Å². The molecule has 0 bridgehead atoms. The fraction of sp³-hybridized carbons (Fsp3) is 0.500. The lowest BCUT2D eigenvalue weighted by atomic mass is 10.0. The van der Waals surface area contributed by atoms with Crippen LogP contribution in [0.25, 0.3) is 0 Å². The minimum absolute atomic E-state index is 0.420. The average molecular weight is 229 g/mol. The number of methoxy groups -OCH3 is 1. The number of halogens is 1. The lowest BCUT2D eigenvalue weighted by Gasteiger charge is -2.12. The van der Waals surface area contributed by atoms with E-state index in [1.807, 2.05) is 6.07 Å². The molecule has 1 aromatic carbocycles. The molecule has 0 saturated heterocycles. The van der Waals surface area contributed by atoms with Crippen LogP contribution in [0.3, 0.4) is 0 Å². The predicted octanol–water partition coefficient (Wildman–Crippen LogP) is 3.57. The van der Waals surface area contributed by atoms with Gasteiger partial charge in [0.1, 0.15) is 5.75 Å². The number of benzene rings is 1. The Balaban J connectivity index is 2.76. The Hall–Kier alpha value is -0.730. The number of aliphatic hydroxyl groups excluding tert-OH is 1. The minimum atomic E-state index is -0.420. The average Bonchev–Trinajstić information content (AvgIpc) is 2.26. The van der Waals surface area contributed by atoms with Crippen molar-refractivity contribution in [2.24, 2.45) is 0 Å². The van der Waals surface area contributed by atoms with Gasteiger partial charge in [-0.1, -0.05) is 37.4 Å². The monoisotopic (exact) mass is 228 g/mol. The highest BCUT2D eigenvalue weighted by molar-refractivity contribution is 6.32. The molecule has 1 unspecified atom stereocenters. The molecule has 0 aliphatic carbocycles. The Labute approximate surface area is 95.8 Å². The minimum Gasteiger partial charge on any atom is -0.495 e. The Morgan fingerprint density at radius 1 is 1.47 bits per heavy atom. The molecule has 0 fully saturated rings. The highest BCUT2D eigenvalue weighted by atomic mass is 35.5. The van der Waals surface area contributed by atoms with E-state index in [4.69, 9.17) is 16.3 Å². The van der Waals surface area contributed by atoms with Crippen molar-refractivity contribution in [3.05, 3.63) is 28.8 Å². The van der Waals surface area contributed by atoms with Crippen LogP contribution in [0.2, 0.25) is 5.02 Å². The van der Waals surface area contributed by atoms with Crippen molar-refractivity contribution in [2.45, 2.75) is 32.3 Å². The van der Waals surface area contributed by atoms with Gasteiger partial charge in [0.2, 0.25) is 0 Å². The molecule has 0 saturated carbocycles. The highest BCUT2D eigenvalue weighted by Crippen LogP contribution is 2.29. The van der Waals surface area contributed by atoms with Gasteiger partial charge in [-0.15, -0.1) is 0 Å². The first-order chi connectivity index (χ1) is 7.19. The van der Waals surface area contributed by atoms with Gasteiger partial charge in [0, 0.05) is 0 Å². The van der Waals surface area contributed by atoms with Crippen LogP contribution in [0.1, 0.15) is 37.9 Å². The second-order valence-corrected chi connectivity index (χ2v) is 3.96. The first-order valence-corrected chi connectivity index (χ1v) is 5.58. The molecular weight excluding hydrogens is 212 g/mol. The molecule has 0 spiro atoms. The number of hydrogen-bond donors (Lipinski definition) is 1. The molecule has 1 rings (SSSR count). The van der Waals surface area contributed by atoms with Gasteiger partial charge in [-0.3, -0.25) is 0 Å². The van der Waals surface area contributed by atoms with Gasteiger partial charge in [0.25, 0.3) is 0 Å². The number of ether oxygens (including phenoxy) is 1. The van der Waals surface area contributed by atoms with Crippen LogP contribution in [-0.4, -0.2) is 12.2 Å². The number of unbranched alkanes of at least 4 members (excludes halogenated alkanes) is 1. The van der Waals surface area contributed by atoms with Crippen LogP contribution < -0.4 is 4.74 Å². The molecule has 15 heavy (non-hydrogen) atoms. The van der Waals surface area contributed by atoms with E-state index in [9.17, 15) is 5.11 Å². The fourth-order valence-electron chi connectivity index (χ4n) is 1.45. The van der Waals surface area contributed by atoms with E-state index in [1.54, 1.807) is 19.2 Å². The largest absolute Gasteiger partial charge is 0.495 e. The third-order valence-corrected chi connectivity index (χ3v) is 2.70. The summed E-state index contributed by atoms with van der Waals surface area (Å²) < 4.78 is 5.10. The molecular formula is C12H17ClO2. The second-order valence-electron chi connectivity index (χ2n) is 3.55. The molecule has 0 amide bonds. The van der Waals surface area contributed by atoms with Crippen molar-refractivity contribution in [3.8, 4) is 5.75 Å². The Morgan fingerprint density at radius 2 is 2.20 bits per heavy atom. The Bertz CT molecular complexity index is 312. The first-order valence-electron chi connectivity index (χ1n) is 5.20. The third kappa shape index (κ3) is 3.40. The standard InChI is InChI=1S/C12H17ClO2/c1-3-4-5-11(14)9-6-7-10(13)12(8-9)15-2/h6-8,11,14H,3-5H2,1-2H3. The van der Waals surface area contributed by atoms with Crippen molar-refractivity contribution >= 4 is 11.6 Å². The van der Waals surface area contributed by atoms with Crippen LogP contribution in [0.4, 0.5) is 0 Å².